The van der Waals surface area contributed by atoms with Crippen LogP contribution < -0.4 is 5.06 Å². The van der Waals surface area contributed by atoms with Gasteiger partial charge >= 0.3 is 11.9 Å². The number of benzene rings is 1. The Kier molecular flexibility index (Phi) is 6.56. The maximum Gasteiger partial charge on any atom is 0.335 e. The van der Waals surface area contributed by atoms with Crippen molar-refractivity contribution in [1.29, 1.82) is 0 Å². The van der Waals surface area contributed by atoms with Crippen molar-refractivity contribution in [3.05, 3.63) is 29.8 Å². The van der Waals surface area contributed by atoms with Crippen LogP contribution in [0.2, 0.25) is 0 Å². The van der Waals surface area contributed by atoms with Gasteiger partial charge in [-0.3, -0.25) is 9.59 Å². The van der Waals surface area contributed by atoms with E-state index in [9.17, 15) is 14.4 Å². The molecule has 0 radical (unpaired) electrons. The summed E-state index contributed by atoms with van der Waals surface area (Å²) in [6.07, 6.45) is 2.20. The molecule has 1 atom stereocenters. The van der Waals surface area contributed by atoms with Crippen LogP contribution in [0.15, 0.2) is 24.3 Å². The molecule has 1 aromatic carbocycles. The van der Waals surface area contributed by atoms with Crippen molar-refractivity contribution in [2.24, 2.45) is 0 Å². The Morgan fingerprint density at radius 1 is 1.22 bits per heavy atom. The van der Waals surface area contributed by atoms with Crippen LogP contribution in [0, 0.1) is 0 Å². The molecule has 1 heterocycles. The van der Waals surface area contributed by atoms with Crippen LogP contribution in [-0.2, 0) is 19.3 Å². The van der Waals surface area contributed by atoms with Gasteiger partial charge in [0.15, 0.2) is 0 Å². The highest BCUT2D eigenvalue weighted by atomic mass is 16.8. The Morgan fingerprint density at radius 3 is 2.52 bits per heavy atom. The lowest BCUT2D eigenvalue weighted by Gasteiger charge is -2.36. The van der Waals surface area contributed by atoms with Crippen LogP contribution in [0.3, 0.4) is 0 Å². The highest BCUT2D eigenvalue weighted by Gasteiger charge is 2.35. The van der Waals surface area contributed by atoms with Crippen molar-refractivity contribution in [3.63, 3.8) is 0 Å². The number of ether oxygens (including phenoxy) is 1. The third-order valence-corrected chi connectivity index (χ3v) is 3.93. The summed E-state index contributed by atoms with van der Waals surface area (Å²) in [6, 6.07) is 5.23. The van der Waals surface area contributed by atoms with Gasteiger partial charge in [0.05, 0.1) is 11.3 Å². The molecule has 1 fully saturated rings. The Labute approximate surface area is 158 Å². The maximum atomic E-state index is 12.5. The molecule has 8 nitrogen and oxygen atoms in total. The summed E-state index contributed by atoms with van der Waals surface area (Å²) in [7, 11) is 0. The number of esters is 1. The highest BCUT2D eigenvalue weighted by Crippen LogP contribution is 2.24. The summed E-state index contributed by atoms with van der Waals surface area (Å²) in [5.41, 5.74) is -0.323. The Hall–Kier alpha value is -2.45. The lowest BCUT2D eigenvalue weighted by atomic mass is 10.0. The van der Waals surface area contributed by atoms with Gasteiger partial charge in [0, 0.05) is 13.5 Å². The van der Waals surface area contributed by atoms with Gasteiger partial charge in [0.1, 0.15) is 11.6 Å². The van der Waals surface area contributed by atoms with Crippen molar-refractivity contribution < 1.29 is 29.2 Å². The number of rotatable bonds is 5. The molecule has 1 aliphatic heterocycles. The average Bonchev–Trinajstić information content (AvgIpc) is 2.58. The number of carbonyl (C=O) groups excluding carboxylic acids is 2. The van der Waals surface area contributed by atoms with E-state index < -0.39 is 29.5 Å². The lowest BCUT2D eigenvalue weighted by molar-refractivity contribution is -0.222. The van der Waals surface area contributed by atoms with Gasteiger partial charge < -0.3 is 9.84 Å². The van der Waals surface area contributed by atoms with Gasteiger partial charge in [-0.05, 0) is 58.2 Å². The summed E-state index contributed by atoms with van der Waals surface area (Å²) < 4.78 is 5.46. The lowest BCUT2D eigenvalue weighted by Crippen LogP contribution is -2.50. The highest BCUT2D eigenvalue weighted by molar-refractivity contribution is 5.93. The van der Waals surface area contributed by atoms with Crippen LogP contribution in [-0.4, -0.2) is 46.2 Å². The average molecular weight is 378 g/mol. The van der Waals surface area contributed by atoms with Crippen molar-refractivity contribution in [1.82, 2.24) is 5.06 Å². The van der Waals surface area contributed by atoms with Crippen molar-refractivity contribution in [2.75, 3.05) is 11.6 Å². The third kappa shape index (κ3) is 5.77. The fraction of sp³-hybridized carbons (Fsp3) is 0.526. The number of amides is 1. The number of piperidine rings is 1. The summed E-state index contributed by atoms with van der Waals surface area (Å²) >= 11 is 0. The molecular formula is C19H26N2O6. The molecule has 0 aliphatic carbocycles. The molecule has 1 saturated heterocycles. The molecule has 0 bridgehead atoms. The second kappa shape index (κ2) is 8.49. The van der Waals surface area contributed by atoms with E-state index in [-0.39, 0.29) is 11.3 Å². The Bertz CT molecular complexity index is 712. The molecule has 8 heteroatoms. The van der Waals surface area contributed by atoms with Crippen LogP contribution in [0.4, 0.5) is 5.69 Å². The number of carboxylic acid groups (broad SMARTS) is 1. The number of hydrogen-bond donors (Lipinski definition) is 1. The molecule has 1 N–H and O–H groups in total. The van der Waals surface area contributed by atoms with Crippen LogP contribution in [0.5, 0.6) is 0 Å². The van der Waals surface area contributed by atoms with Crippen LogP contribution in [0.25, 0.3) is 0 Å². The summed E-state index contributed by atoms with van der Waals surface area (Å²) in [5, 5.41) is 11.6. The van der Waals surface area contributed by atoms with E-state index in [4.69, 9.17) is 14.8 Å². The second-order valence-corrected chi connectivity index (χ2v) is 7.44. The first-order chi connectivity index (χ1) is 12.6. The largest absolute Gasteiger partial charge is 0.478 e. The number of hydrogen-bond acceptors (Lipinski definition) is 6. The maximum absolute atomic E-state index is 12.5. The molecular weight excluding hydrogens is 352 g/mol. The quantitative estimate of drug-likeness (QED) is 0.621. The zero-order chi connectivity index (χ0) is 20.2. The minimum Gasteiger partial charge on any atom is -0.478 e. The number of carboxylic acids is 1. The molecule has 27 heavy (non-hydrogen) atoms. The molecule has 2 rings (SSSR count). The topological polar surface area (TPSA) is 96.4 Å². The monoisotopic (exact) mass is 378 g/mol. The van der Waals surface area contributed by atoms with E-state index in [1.165, 1.54) is 30.2 Å². The predicted octanol–water partition coefficient (Wildman–Crippen LogP) is 2.78. The molecule has 1 aliphatic rings. The minimum atomic E-state index is -1.11. The fourth-order valence-electron chi connectivity index (χ4n) is 2.76. The number of carbonyl (C=O) groups is 3. The molecule has 0 saturated carbocycles. The SMILES string of the molecule is CC(=O)N(ON1CCCCC1C(=O)OC(C)(C)C)c1cccc(C(=O)O)c1. The third-order valence-electron chi connectivity index (χ3n) is 3.93. The number of anilines is 1. The second-order valence-electron chi connectivity index (χ2n) is 7.44. The zero-order valence-corrected chi connectivity index (χ0v) is 16.1. The van der Waals surface area contributed by atoms with Gasteiger partial charge in [-0.25, -0.2) is 4.79 Å². The predicted molar refractivity (Wildman–Crippen MR) is 97.8 cm³/mol. The van der Waals surface area contributed by atoms with Crippen molar-refractivity contribution in [3.8, 4) is 0 Å². The first-order valence-corrected chi connectivity index (χ1v) is 8.90. The first kappa shape index (κ1) is 20.9. The van der Waals surface area contributed by atoms with E-state index in [0.29, 0.717) is 13.0 Å². The van der Waals surface area contributed by atoms with E-state index in [2.05, 4.69) is 0 Å². The Balaban J connectivity index is 2.23. The van der Waals surface area contributed by atoms with Gasteiger partial charge in [0.25, 0.3) is 0 Å². The van der Waals surface area contributed by atoms with Crippen LogP contribution >= 0.6 is 0 Å². The van der Waals surface area contributed by atoms with E-state index >= 15 is 0 Å². The standard InChI is InChI=1S/C19H26N2O6/c1-13(22)21(15-9-7-8-14(12-15)17(23)24)27-20-11-6-5-10-16(20)18(25)26-19(2,3)4/h7-9,12,16H,5-6,10-11H2,1-4H3,(H,23,24). The zero-order valence-electron chi connectivity index (χ0n) is 16.1. The van der Waals surface area contributed by atoms with E-state index in [1.54, 1.807) is 26.8 Å². The van der Waals surface area contributed by atoms with Gasteiger partial charge in [-0.1, -0.05) is 6.07 Å². The van der Waals surface area contributed by atoms with E-state index in [0.717, 1.165) is 17.9 Å². The van der Waals surface area contributed by atoms with Crippen molar-refractivity contribution in [2.45, 2.75) is 58.6 Å². The normalized spacial score (nSPS) is 18.0. The smallest absolute Gasteiger partial charge is 0.335 e. The molecule has 0 spiro atoms. The minimum absolute atomic E-state index is 0.0321. The van der Waals surface area contributed by atoms with Gasteiger partial charge in [-0.15, -0.1) is 5.06 Å². The van der Waals surface area contributed by atoms with Crippen LogP contribution in [0.1, 0.15) is 57.3 Å². The number of nitrogens with zero attached hydrogens (tertiary/aromatic N) is 2. The molecule has 1 amide bonds. The fourth-order valence-corrected chi connectivity index (χ4v) is 2.76. The summed E-state index contributed by atoms with van der Waals surface area (Å²) in [6.45, 7) is 7.13. The van der Waals surface area contributed by atoms with Crippen molar-refractivity contribution >= 4 is 23.5 Å². The van der Waals surface area contributed by atoms with E-state index in [1.807, 2.05) is 0 Å². The van der Waals surface area contributed by atoms with Gasteiger partial charge in [0.2, 0.25) is 5.91 Å². The van der Waals surface area contributed by atoms with Gasteiger partial charge in [-0.2, -0.15) is 10.0 Å². The number of aromatic carboxylic acids is 1. The summed E-state index contributed by atoms with van der Waals surface area (Å²) in [4.78, 5) is 41.6. The summed E-state index contributed by atoms with van der Waals surface area (Å²) in [5.74, 6) is -1.96. The Morgan fingerprint density at radius 2 is 1.93 bits per heavy atom. The molecule has 0 aromatic heterocycles. The molecule has 1 aromatic rings. The molecule has 1 unspecified atom stereocenters. The first-order valence-electron chi connectivity index (χ1n) is 8.90. The number of hydroxylamine groups is 3. The molecule has 148 valence electrons.